The Morgan fingerprint density at radius 1 is 0.897 bits per heavy atom. The number of hydrogen-bond acceptors (Lipinski definition) is 9. The molecule has 0 bridgehead atoms. The van der Waals surface area contributed by atoms with Crippen molar-refractivity contribution >= 4 is 17.1 Å². The lowest BCUT2D eigenvalue weighted by Gasteiger charge is -2.26. The summed E-state index contributed by atoms with van der Waals surface area (Å²) in [4.78, 5) is 30.2. The number of rotatable bonds is 5. The molecule has 0 aromatic heterocycles. The monoisotopic (exact) mass is 406 g/mol. The van der Waals surface area contributed by atoms with Gasteiger partial charge in [0.25, 0.3) is 11.4 Å². The molecule has 29 heavy (non-hydrogen) atoms. The summed E-state index contributed by atoms with van der Waals surface area (Å²) < 4.78 is 5.30. The van der Waals surface area contributed by atoms with Crippen molar-refractivity contribution in [2.45, 2.75) is 6.54 Å². The highest BCUT2D eigenvalue weighted by atomic mass is 16.6. The van der Waals surface area contributed by atoms with Crippen molar-refractivity contribution in [1.82, 2.24) is 4.90 Å². The number of ether oxygens (including phenoxy) is 1. The first-order valence-corrected chi connectivity index (χ1v) is 8.43. The molecular formula is C17H18N4O8. The van der Waals surface area contributed by atoms with Gasteiger partial charge in [-0.25, -0.2) is 0 Å². The fourth-order valence-electron chi connectivity index (χ4n) is 2.57. The SMILES string of the molecule is O=[N+]([O-])c1cc([N+](=O)[O-])c(O)c([N+](=O)[O-])c1.c1ccc(CN2CCOCC2)cc1. The molecule has 1 aliphatic rings. The Kier molecular flexibility index (Phi) is 7.51. The Labute approximate surface area is 164 Å². The van der Waals surface area contributed by atoms with Crippen LogP contribution in [0.3, 0.4) is 0 Å². The van der Waals surface area contributed by atoms with Gasteiger partial charge in [-0.05, 0) is 5.56 Å². The number of benzene rings is 2. The molecule has 0 saturated carbocycles. The van der Waals surface area contributed by atoms with Gasteiger partial charge in [0.05, 0.1) is 40.1 Å². The van der Waals surface area contributed by atoms with Crippen molar-refractivity contribution in [1.29, 1.82) is 0 Å². The minimum atomic E-state index is -1.21. The zero-order chi connectivity index (χ0) is 21.4. The van der Waals surface area contributed by atoms with Gasteiger partial charge in [-0.2, -0.15) is 0 Å². The molecule has 1 aliphatic heterocycles. The number of morpholine rings is 1. The van der Waals surface area contributed by atoms with Crippen LogP contribution in [0.25, 0.3) is 0 Å². The van der Waals surface area contributed by atoms with Crippen molar-refractivity contribution in [3.8, 4) is 5.75 Å². The molecule has 1 fully saturated rings. The molecular weight excluding hydrogens is 388 g/mol. The number of hydrogen-bond donors (Lipinski definition) is 1. The van der Waals surface area contributed by atoms with Crippen LogP contribution in [0.1, 0.15) is 5.56 Å². The first kappa shape index (κ1) is 21.7. The van der Waals surface area contributed by atoms with E-state index in [0.29, 0.717) is 12.1 Å². The number of nitrogens with zero attached hydrogens (tertiary/aromatic N) is 4. The highest BCUT2D eigenvalue weighted by Crippen LogP contribution is 2.38. The third kappa shape index (κ3) is 6.19. The molecule has 3 rings (SSSR count). The van der Waals surface area contributed by atoms with Crippen molar-refractivity contribution in [3.63, 3.8) is 0 Å². The second-order valence-corrected chi connectivity index (χ2v) is 5.98. The van der Waals surface area contributed by atoms with Gasteiger partial charge in [0.2, 0.25) is 0 Å². The maximum Gasteiger partial charge on any atom is 0.324 e. The van der Waals surface area contributed by atoms with E-state index in [2.05, 4.69) is 35.2 Å². The van der Waals surface area contributed by atoms with E-state index in [-0.39, 0.29) is 0 Å². The molecule has 2 aromatic rings. The topological polar surface area (TPSA) is 162 Å². The van der Waals surface area contributed by atoms with Crippen LogP contribution >= 0.6 is 0 Å². The first-order valence-electron chi connectivity index (χ1n) is 8.43. The second kappa shape index (κ2) is 10.1. The fraction of sp³-hybridized carbons (Fsp3) is 0.294. The summed E-state index contributed by atoms with van der Waals surface area (Å²) in [5.74, 6) is -1.21. The number of non-ortho nitro benzene ring substituents is 1. The van der Waals surface area contributed by atoms with Gasteiger partial charge in [-0.3, -0.25) is 35.2 Å². The van der Waals surface area contributed by atoms with E-state index in [0.717, 1.165) is 32.8 Å². The quantitative estimate of drug-likeness (QED) is 0.581. The highest BCUT2D eigenvalue weighted by molar-refractivity contribution is 5.64. The molecule has 0 radical (unpaired) electrons. The third-order valence-corrected chi connectivity index (χ3v) is 4.01. The van der Waals surface area contributed by atoms with Crippen molar-refractivity contribution in [3.05, 3.63) is 78.4 Å². The zero-order valence-corrected chi connectivity index (χ0v) is 15.2. The minimum absolute atomic E-state index is 0.447. The van der Waals surface area contributed by atoms with E-state index >= 15 is 0 Å². The Morgan fingerprint density at radius 3 is 1.86 bits per heavy atom. The molecule has 0 aliphatic carbocycles. The number of phenolic OH excluding ortho intramolecular Hbond substituents is 1. The number of phenols is 1. The van der Waals surface area contributed by atoms with Crippen LogP contribution in [-0.2, 0) is 11.3 Å². The molecule has 12 heteroatoms. The van der Waals surface area contributed by atoms with Crippen molar-refractivity contribution in [2.24, 2.45) is 0 Å². The van der Waals surface area contributed by atoms with Crippen molar-refractivity contribution < 1.29 is 24.6 Å². The Bertz CT molecular complexity index is 849. The Hall–Kier alpha value is -3.64. The normalized spacial score (nSPS) is 13.8. The second-order valence-electron chi connectivity index (χ2n) is 5.98. The van der Waals surface area contributed by atoms with Gasteiger partial charge < -0.3 is 9.84 Å². The lowest BCUT2D eigenvalue weighted by atomic mass is 10.2. The molecule has 1 N–H and O–H groups in total. The van der Waals surface area contributed by atoms with Crippen LogP contribution in [0, 0.1) is 30.3 Å². The Morgan fingerprint density at radius 2 is 1.41 bits per heavy atom. The average molecular weight is 406 g/mol. The van der Waals surface area contributed by atoms with Crippen molar-refractivity contribution in [2.75, 3.05) is 26.3 Å². The molecule has 0 atom stereocenters. The van der Waals surface area contributed by atoms with Gasteiger partial charge in [-0.1, -0.05) is 30.3 Å². The van der Waals surface area contributed by atoms with E-state index in [9.17, 15) is 30.3 Å². The maximum absolute atomic E-state index is 10.4. The molecule has 0 amide bonds. The van der Waals surface area contributed by atoms with Crippen LogP contribution in [-0.4, -0.2) is 51.1 Å². The molecule has 154 valence electrons. The maximum atomic E-state index is 10.4. The van der Waals surface area contributed by atoms with E-state index < -0.39 is 37.6 Å². The lowest BCUT2D eigenvalue weighted by molar-refractivity contribution is -0.404. The van der Waals surface area contributed by atoms with Gasteiger partial charge in [-0.15, -0.1) is 0 Å². The van der Waals surface area contributed by atoms with Crippen LogP contribution < -0.4 is 0 Å². The summed E-state index contributed by atoms with van der Waals surface area (Å²) in [6.45, 7) is 4.95. The van der Waals surface area contributed by atoms with Crippen LogP contribution in [0.4, 0.5) is 17.1 Å². The molecule has 1 saturated heterocycles. The minimum Gasteiger partial charge on any atom is -0.497 e. The predicted octanol–water partition coefficient (Wildman–Crippen LogP) is 2.64. The van der Waals surface area contributed by atoms with Crippen LogP contribution in [0.15, 0.2) is 42.5 Å². The number of nitro benzene ring substituents is 3. The number of aromatic hydroxyl groups is 1. The lowest BCUT2D eigenvalue weighted by Crippen LogP contribution is -2.35. The van der Waals surface area contributed by atoms with Crippen LogP contribution in [0.5, 0.6) is 5.75 Å². The predicted molar refractivity (Wildman–Crippen MR) is 101 cm³/mol. The smallest absolute Gasteiger partial charge is 0.324 e. The largest absolute Gasteiger partial charge is 0.497 e. The van der Waals surface area contributed by atoms with Crippen LogP contribution in [0.2, 0.25) is 0 Å². The van der Waals surface area contributed by atoms with E-state index in [4.69, 9.17) is 9.84 Å². The van der Waals surface area contributed by atoms with Gasteiger partial charge >= 0.3 is 11.4 Å². The number of nitro groups is 3. The molecule has 0 unspecified atom stereocenters. The molecule has 2 aromatic carbocycles. The average Bonchev–Trinajstić information content (AvgIpc) is 2.69. The molecule has 12 nitrogen and oxygen atoms in total. The molecule has 0 spiro atoms. The van der Waals surface area contributed by atoms with Gasteiger partial charge in [0.1, 0.15) is 0 Å². The summed E-state index contributed by atoms with van der Waals surface area (Å²) >= 11 is 0. The van der Waals surface area contributed by atoms with Gasteiger partial charge in [0, 0.05) is 19.6 Å². The first-order chi connectivity index (χ1) is 13.8. The zero-order valence-electron chi connectivity index (χ0n) is 15.2. The summed E-state index contributed by atoms with van der Waals surface area (Å²) in [6, 6.07) is 11.5. The highest BCUT2D eigenvalue weighted by Gasteiger charge is 2.30. The Balaban J connectivity index is 0.000000211. The summed E-state index contributed by atoms with van der Waals surface area (Å²) in [5.41, 5.74) is -1.61. The fourth-order valence-corrected chi connectivity index (χ4v) is 2.57. The van der Waals surface area contributed by atoms with E-state index in [1.165, 1.54) is 5.56 Å². The summed E-state index contributed by atoms with van der Waals surface area (Å²) in [7, 11) is 0. The summed E-state index contributed by atoms with van der Waals surface area (Å²) in [6.07, 6.45) is 0. The van der Waals surface area contributed by atoms with Gasteiger partial charge in [0.15, 0.2) is 0 Å². The standard InChI is InChI=1S/C11H15NO.C6H3N3O7/c1-2-4-11(5-3-1)10-12-6-8-13-9-7-12;10-6-4(8(13)14)1-3(7(11)12)2-5(6)9(15)16/h1-5H,6-10H2;1-2,10H. The third-order valence-electron chi connectivity index (χ3n) is 4.01. The van der Waals surface area contributed by atoms with E-state index in [1.54, 1.807) is 0 Å². The summed E-state index contributed by atoms with van der Waals surface area (Å²) in [5, 5.41) is 40.2. The molecule has 1 heterocycles. The van der Waals surface area contributed by atoms with E-state index in [1.807, 2.05) is 0 Å².